The largest absolute Gasteiger partial charge is 0.494 e. The fraction of sp³-hybridized carbons (Fsp3) is 0.684. The van der Waals surface area contributed by atoms with E-state index in [2.05, 4.69) is 71.2 Å². The van der Waals surface area contributed by atoms with Gasteiger partial charge in [-0.3, -0.25) is 0 Å². The van der Waals surface area contributed by atoms with E-state index in [-0.39, 0.29) is 0 Å². The summed E-state index contributed by atoms with van der Waals surface area (Å²) in [6, 6.07) is 8.97. The summed E-state index contributed by atoms with van der Waals surface area (Å²) >= 11 is 0. The van der Waals surface area contributed by atoms with Crippen LogP contribution in [0.5, 0.6) is 5.75 Å². The zero-order chi connectivity index (χ0) is 15.9. The number of hydrogen-bond donors (Lipinski definition) is 1. The molecule has 0 radical (unpaired) electrons. The van der Waals surface area contributed by atoms with E-state index in [0.29, 0.717) is 17.4 Å². The zero-order valence-corrected chi connectivity index (χ0v) is 14.7. The first kappa shape index (κ1) is 18.0. The Balaban J connectivity index is 2.63. The third-order valence-corrected chi connectivity index (χ3v) is 3.70. The van der Waals surface area contributed by atoms with Crippen molar-refractivity contribution in [2.24, 2.45) is 11.3 Å². The van der Waals surface area contributed by atoms with Gasteiger partial charge in [0.2, 0.25) is 0 Å². The molecule has 2 heteroatoms. The minimum atomic E-state index is 0.398. The molecule has 1 rings (SSSR count). The summed E-state index contributed by atoms with van der Waals surface area (Å²) in [5.41, 5.74) is 1.75. The molecule has 0 aliphatic rings. The van der Waals surface area contributed by atoms with E-state index >= 15 is 0 Å². The van der Waals surface area contributed by atoms with Crippen LogP contribution in [0.1, 0.15) is 65.5 Å². The molecule has 120 valence electrons. The molecule has 2 atom stereocenters. The van der Waals surface area contributed by atoms with Gasteiger partial charge in [0.15, 0.2) is 0 Å². The van der Waals surface area contributed by atoms with E-state index in [1.165, 1.54) is 18.4 Å². The maximum absolute atomic E-state index is 5.65. The molecule has 0 saturated heterocycles. The van der Waals surface area contributed by atoms with Gasteiger partial charge < -0.3 is 10.1 Å². The fourth-order valence-electron chi connectivity index (χ4n) is 2.97. The lowest BCUT2D eigenvalue weighted by atomic mass is 9.82. The molecule has 0 fully saturated rings. The number of benzene rings is 1. The lowest BCUT2D eigenvalue weighted by Crippen LogP contribution is -2.21. The van der Waals surface area contributed by atoms with Crippen molar-refractivity contribution in [1.82, 2.24) is 5.32 Å². The molecule has 0 amide bonds. The molecule has 0 aromatic heterocycles. The highest BCUT2D eigenvalue weighted by Crippen LogP contribution is 2.30. The summed E-state index contributed by atoms with van der Waals surface area (Å²) < 4.78 is 5.65. The second kappa shape index (κ2) is 8.43. The lowest BCUT2D eigenvalue weighted by Gasteiger charge is -2.27. The molecular formula is C19H33NO. The van der Waals surface area contributed by atoms with Gasteiger partial charge in [0.05, 0.1) is 6.61 Å². The summed E-state index contributed by atoms with van der Waals surface area (Å²) in [5, 5.41) is 3.46. The van der Waals surface area contributed by atoms with Crippen molar-refractivity contribution in [3.05, 3.63) is 29.8 Å². The lowest BCUT2D eigenvalue weighted by molar-refractivity contribution is 0.279. The predicted octanol–water partition coefficient (Wildman–Crippen LogP) is 5.20. The number of rotatable bonds is 8. The molecule has 2 unspecified atom stereocenters. The van der Waals surface area contributed by atoms with Gasteiger partial charge in [0.1, 0.15) is 5.75 Å². The van der Waals surface area contributed by atoms with Crippen molar-refractivity contribution in [1.29, 1.82) is 0 Å². The topological polar surface area (TPSA) is 21.3 Å². The van der Waals surface area contributed by atoms with Crippen molar-refractivity contribution in [3.8, 4) is 5.75 Å². The first-order valence-corrected chi connectivity index (χ1v) is 8.25. The van der Waals surface area contributed by atoms with Crippen LogP contribution in [0.3, 0.4) is 0 Å². The number of ether oxygens (including phenoxy) is 1. The van der Waals surface area contributed by atoms with Gasteiger partial charge in [-0.2, -0.15) is 0 Å². The van der Waals surface area contributed by atoms with Crippen LogP contribution in [-0.2, 0) is 0 Å². The van der Waals surface area contributed by atoms with Gasteiger partial charge >= 0.3 is 0 Å². The van der Waals surface area contributed by atoms with Gasteiger partial charge in [-0.1, -0.05) is 46.8 Å². The average Bonchev–Trinajstić information content (AvgIpc) is 2.41. The minimum absolute atomic E-state index is 0.398. The van der Waals surface area contributed by atoms with E-state index in [9.17, 15) is 0 Å². The SMILES string of the molecule is CCCOc1ccc(C(CC(C)CC(C)(C)C)NC)cc1. The van der Waals surface area contributed by atoms with Crippen molar-refractivity contribution >= 4 is 0 Å². The zero-order valence-electron chi connectivity index (χ0n) is 14.7. The molecule has 1 aromatic carbocycles. The number of hydrogen-bond acceptors (Lipinski definition) is 2. The first-order chi connectivity index (χ1) is 9.85. The van der Waals surface area contributed by atoms with Crippen LogP contribution in [-0.4, -0.2) is 13.7 Å². The molecule has 0 saturated carbocycles. The molecule has 0 aliphatic carbocycles. The Labute approximate surface area is 131 Å². The molecule has 1 aromatic rings. The Kier molecular flexibility index (Phi) is 7.24. The highest BCUT2D eigenvalue weighted by molar-refractivity contribution is 5.29. The quantitative estimate of drug-likeness (QED) is 0.711. The average molecular weight is 291 g/mol. The van der Waals surface area contributed by atoms with Gasteiger partial charge in [-0.25, -0.2) is 0 Å². The Morgan fingerprint density at radius 3 is 2.24 bits per heavy atom. The summed E-state index contributed by atoms with van der Waals surface area (Å²) in [7, 11) is 2.05. The molecule has 0 aliphatic heterocycles. The van der Waals surface area contributed by atoms with Crippen molar-refractivity contribution in [2.45, 2.75) is 59.9 Å². The molecule has 0 spiro atoms. The predicted molar refractivity (Wildman–Crippen MR) is 91.9 cm³/mol. The van der Waals surface area contributed by atoms with E-state index in [1.54, 1.807) is 0 Å². The smallest absolute Gasteiger partial charge is 0.119 e. The minimum Gasteiger partial charge on any atom is -0.494 e. The summed E-state index contributed by atoms with van der Waals surface area (Å²) in [6.07, 6.45) is 3.47. The van der Waals surface area contributed by atoms with Crippen molar-refractivity contribution < 1.29 is 4.74 Å². The summed E-state index contributed by atoms with van der Waals surface area (Å²) in [5.74, 6) is 1.68. The molecule has 21 heavy (non-hydrogen) atoms. The molecule has 1 N–H and O–H groups in total. The van der Waals surface area contributed by atoms with E-state index in [0.717, 1.165) is 18.8 Å². The van der Waals surface area contributed by atoms with Crippen LogP contribution in [0.15, 0.2) is 24.3 Å². The molecule has 0 heterocycles. The van der Waals surface area contributed by atoms with Crippen molar-refractivity contribution in [2.75, 3.05) is 13.7 Å². The van der Waals surface area contributed by atoms with Gasteiger partial charge in [0.25, 0.3) is 0 Å². The summed E-state index contributed by atoms with van der Waals surface area (Å²) in [4.78, 5) is 0. The third-order valence-electron chi connectivity index (χ3n) is 3.70. The molecule has 2 nitrogen and oxygen atoms in total. The summed E-state index contributed by atoms with van der Waals surface area (Å²) in [6.45, 7) is 12.2. The van der Waals surface area contributed by atoms with Crippen molar-refractivity contribution in [3.63, 3.8) is 0 Å². The fourth-order valence-corrected chi connectivity index (χ4v) is 2.97. The Hall–Kier alpha value is -1.02. The second-order valence-corrected chi connectivity index (χ2v) is 7.36. The van der Waals surface area contributed by atoms with Crippen LogP contribution in [0.2, 0.25) is 0 Å². The number of nitrogens with one attached hydrogen (secondary N) is 1. The monoisotopic (exact) mass is 291 g/mol. The molecular weight excluding hydrogens is 258 g/mol. The van der Waals surface area contributed by atoms with Crippen LogP contribution in [0, 0.1) is 11.3 Å². The van der Waals surface area contributed by atoms with E-state index in [1.807, 2.05) is 0 Å². The highest BCUT2D eigenvalue weighted by atomic mass is 16.5. The van der Waals surface area contributed by atoms with Crippen LogP contribution >= 0.6 is 0 Å². The van der Waals surface area contributed by atoms with Crippen LogP contribution in [0.4, 0.5) is 0 Å². The second-order valence-electron chi connectivity index (χ2n) is 7.36. The standard InChI is InChI=1S/C19H33NO/c1-7-12-21-17-10-8-16(9-11-17)18(20-6)13-15(2)14-19(3,4)5/h8-11,15,18,20H,7,12-14H2,1-6H3. The Morgan fingerprint density at radius 2 is 1.76 bits per heavy atom. The molecule has 0 bridgehead atoms. The first-order valence-electron chi connectivity index (χ1n) is 8.25. The van der Waals surface area contributed by atoms with Gasteiger partial charge in [-0.15, -0.1) is 0 Å². The van der Waals surface area contributed by atoms with E-state index < -0.39 is 0 Å². The van der Waals surface area contributed by atoms with E-state index in [4.69, 9.17) is 4.74 Å². The van der Waals surface area contributed by atoms with Gasteiger partial charge in [-0.05, 0) is 55.3 Å². The normalized spacial score (nSPS) is 14.8. The highest BCUT2D eigenvalue weighted by Gasteiger charge is 2.19. The Bertz CT molecular complexity index is 391. The maximum atomic E-state index is 5.65. The van der Waals surface area contributed by atoms with Crippen LogP contribution in [0.25, 0.3) is 0 Å². The maximum Gasteiger partial charge on any atom is 0.119 e. The Morgan fingerprint density at radius 1 is 1.14 bits per heavy atom. The van der Waals surface area contributed by atoms with Gasteiger partial charge in [0, 0.05) is 6.04 Å². The van der Waals surface area contributed by atoms with Crippen LogP contribution < -0.4 is 10.1 Å². The third kappa shape index (κ3) is 6.99.